The van der Waals surface area contributed by atoms with Gasteiger partial charge in [0, 0.05) is 6.42 Å². The topological polar surface area (TPSA) is 35.0 Å². The van der Waals surface area contributed by atoms with Crippen molar-refractivity contribution in [2.24, 2.45) is 5.92 Å². The minimum Gasteiger partial charge on any atom is -0.490 e. The Hall–Kier alpha value is -1.19. The molecule has 0 atom stereocenters. The lowest BCUT2D eigenvalue weighted by Gasteiger charge is -2.24. The molecule has 3 nitrogen and oxygen atoms in total. The maximum atomic E-state index is 13.4. The van der Waals surface area contributed by atoms with E-state index in [-0.39, 0.29) is 5.75 Å². The van der Waals surface area contributed by atoms with E-state index in [2.05, 4.69) is 9.97 Å². The standard InChI is InChI=1S/C11H15FN2O/c1-7-10(15-2)11(12)14-9(13-7)6-8-4-3-5-8/h8H,3-6H2,1-2H3. The zero-order valence-electron chi connectivity index (χ0n) is 9.09. The van der Waals surface area contributed by atoms with Crippen molar-refractivity contribution >= 4 is 0 Å². The first-order valence-corrected chi connectivity index (χ1v) is 5.27. The molecule has 0 unspecified atom stereocenters. The highest BCUT2D eigenvalue weighted by molar-refractivity contribution is 5.25. The number of methoxy groups -OCH3 is 1. The lowest BCUT2D eigenvalue weighted by Crippen LogP contribution is -2.16. The number of aryl methyl sites for hydroxylation is 1. The minimum atomic E-state index is -0.542. The molecule has 4 heteroatoms. The maximum absolute atomic E-state index is 13.4. The molecular weight excluding hydrogens is 195 g/mol. The van der Waals surface area contributed by atoms with Crippen LogP contribution in [0.15, 0.2) is 0 Å². The summed E-state index contributed by atoms with van der Waals surface area (Å²) in [6.07, 6.45) is 4.51. The fourth-order valence-electron chi connectivity index (χ4n) is 1.86. The van der Waals surface area contributed by atoms with Crippen LogP contribution in [0.4, 0.5) is 4.39 Å². The Morgan fingerprint density at radius 2 is 2.13 bits per heavy atom. The summed E-state index contributed by atoms with van der Waals surface area (Å²) in [5.41, 5.74) is 0.583. The molecule has 2 rings (SSSR count). The van der Waals surface area contributed by atoms with Crippen LogP contribution in [0.1, 0.15) is 30.8 Å². The van der Waals surface area contributed by atoms with Crippen LogP contribution in [0.5, 0.6) is 5.75 Å². The van der Waals surface area contributed by atoms with Gasteiger partial charge < -0.3 is 4.74 Å². The summed E-state index contributed by atoms with van der Waals surface area (Å²) in [6, 6.07) is 0. The summed E-state index contributed by atoms with van der Waals surface area (Å²) < 4.78 is 18.3. The Morgan fingerprint density at radius 1 is 1.40 bits per heavy atom. The predicted molar refractivity (Wildman–Crippen MR) is 54.3 cm³/mol. The lowest BCUT2D eigenvalue weighted by molar-refractivity contribution is 0.305. The van der Waals surface area contributed by atoms with Crippen molar-refractivity contribution in [3.05, 3.63) is 17.5 Å². The molecule has 0 aromatic carbocycles. The first kappa shape index (κ1) is 10.3. The smallest absolute Gasteiger partial charge is 0.258 e. The highest BCUT2D eigenvalue weighted by Gasteiger charge is 2.20. The third-order valence-corrected chi connectivity index (χ3v) is 2.94. The van der Waals surface area contributed by atoms with E-state index in [1.807, 2.05) is 0 Å². The molecule has 1 fully saturated rings. The average molecular weight is 210 g/mol. The van der Waals surface area contributed by atoms with Gasteiger partial charge in [-0.2, -0.15) is 4.39 Å². The molecule has 0 radical (unpaired) electrons. The lowest BCUT2D eigenvalue weighted by atomic mass is 9.83. The molecule has 1 heterocycles. The first-order chi connectivity index (χ1) is 7.20. The normalized spacial score (nSPS) is 16.2. The Morgan fingerprint density at radius 3 is 2.60 bits per heavy atom. The monoisotopic (exact) mass is 210 g/mol. The largest absolute Gasteiger partial charge is 0.490 e. The second-order valence-electron chi connectivity index (χ2n) is 4.05. The Bertz CT molecular complexity index is 341. The van der Waals surface area contributed by atoms with E-state index < -0.39 is 5.95 Å². The summed E-state index contributed by atoms with van der Waals surface area (Å²) in [5.74, 6) is 0.874. The molecule has 1 aromatic rings. The molecular formula is C11H15FN2O. The van der Waals surface area contributed by atoms with Crippen molar-refractivity contribution in [2.75, 3.05) is 7.11 Å². The number of halogens is 1. The van der Waals surface area contributed by atoms with Crippen LogP contribution in [0.2, 0.25) is 0 Å². The molecule has 0 bridgehead atoms. The molecule has 1 saturated carbocycles. The number of nitrogens with zero attached hydrogens (tertiary/aromatic N) is 2. The van der Waals surface area contributed by atoms with E-state index >= 15 is 0 Å². The molecule has 82 valence electrons. The van der Waals surface area contributed by atoms with Crippen molar-refractivity contribution in [2.45, 2.75) is 32.6 Å². The summed E-state index contributed by atoms with van der Waals surface area (Å²) in [4.78, 5) is 8.07. The highest BCUT2D eigenvalue weighted by atomic mass is 19.1. The van der Waals surface area contributed by atoms with Crippen LogP contribution >= 0.6 is 0 Å². The van der Waals surface area contributed by atoms with Crippen LogP contribution in [0.3, 0.4) is 0 Å². The summed E-state index contributed by atoms with van der Waals surface area (Å²) >= 11 is 0. The first-order valence-electron chi connectivity index (χ1n) is 5.27. The van der Waals surface area contributed by atoms with Crippen molar-refractivity contribution in [1.82, 2.24) is 9.97 Å². The van der Waals surface area contributed by atoms with Crippen molar-refractivity contribution in [3.63, 3.8) is 0 Å². The van der Waals surface area contributed by atoms with Crippen molar-refractivity contribution in [3.8, 4) is 5.75 Å². The van der Waals surface area contributed by atoms with Gasteiger partial charge in [-0.3, -0.25) is 0 Å². The molecule has 1 aliphatic carbocycles. The fourth-order valence-corrected chi connectivity index (χ4v) is 1.86. The molecule has 0 aliphatic heterocycles. The molecule has 1 aromatic heterocycles. The number of hydrogen-bond acceptors (Lipinski definition) is 3. The minimum absolute atomic E-state index is 0.160. The van der Waals surface area contributed by atoms with Crippen LogP contribution in [-0.2, 0) is 6.42 Å². The molecule has 0 amide bonds. The predicted octanol–water partition coefficient (Wildman–Crippen LogP) is 2.28. The molecule has 0 N–H and O–H groups in total. The van der Waals surface area contributed by atoms with Crippen molar-refractivity contribution in [1.29, 1.82) is 0 Å². The number of ether oxygens (including phenoxy) is 1. The molecule has 0 spiro atoms. The second kappa shape index (κ2) is 4.13. The third kappa shape index (κ3) is 2.08. The summed E-state index contributed by atoms with van der Waals surface area (Å²) in [5, 5.41) is 0. The molecule has 1 aliphatic rings. The van der Waals surface area contributed by atoms with Gasteiger partial charge in [-0.05, 0) is 12.8 Å². The zero-order chi connectivity index (χ0) is 10.8. The maximum Gasteiger partial charge on any atom is 0.258 e. The average Bonchev–Trinajstić information content (AvgIpc) is 2.11. The highest BCUT2D eigenvalue weighted by Crippen LogP contribution is 2.29. The number of hydrogen-bond donors (Lipinski definition) is 0. The second-order valence-corrected chi connectivity index (χ2v) is 4.05. The van der Waals surface area contributed by atoms with Crippen molar-refractivity contribution < 1.29 is 9.13 Å². The van der Waals surface area contributed by atoms with Gasteiger partial charge in [0.1, 0.15) is 5.82 Å². The molecule has 0 saturated heterocycles. The number of aromatic nitrogens is 2. The zero-order valence-corrected chi connectivity index (χ0v) is 9.09. The van der Waals surface area contributed by atoms with Gasteiger partial charge in [-0.15, -0.1) is 0 Å². The Labute approximate surface area is 88.7 Å². The SMILES string of the molecule is COc1c(C)nc(CC2CCC2)nc1F. The third-order valence-electron chi connectivity index (χ3n) is 2.94. The van der Waals surface area contributed by atoms with Gasteiger partial charge in [0.15, 0.2) is 5.75 Å². The Kier molecular flexibility index (Phi) is 2.84. The van der Waals surface area contributed by atoms with E-state index in [1.165, 1.54) is 26.4 Å². The van der Waals surface area contributed by atoms with Crippen LogP contribution in [0.25, 0.3) is 0 Å². The fraction of sp³-hybridized carbons (Fsp3) is 0.636. The summed E-state index contributed by atoms with van der Waals surface area (Å²) in [7, 11) is 1.43. The summed E-state index contributed by atoms with van der Waals surface area (Å²) in [6.45, 7) is 1.74. The van der Waals surface area contributed by atoms with Crippen LogP contribution < -0.4 is 4.74 Å². The van der Waals surface area contributed by atoms with Crippen LogP contribution in [0, 0.1) is 18.8 Å². The quantitative estimate of drug-likeness (QED) is 0.718. The van der Waals surface area contributed by atoms with E-state index in [0.29, 0.717) is 17.4 Å². The van der Waals surface area contributed by atoms with E-state index in [4.69, 9.17) is 4.74 Å². The van der Waals surface area contributed by atoms with E-state index in [1.54, 1.807) is 6.92 Å². The van der Waals surface area contributed by atoms with Gasteiger partial charge in [0.05, 0.1) is 12.8 Å². The van der Waals surface area contributed by atoms with Gasteiger partial charge in [-0.1, -0.05) is 19.3 Å². The van der Waals surface area contributed by atoms with Gasteiger partial charge in [-0.25, -0.2) is 9.97 Å². The number of rotatable bonds is 3. The van der Waals surface area contributed by atoms with Gasteiger partial charge in [0.2, 0.25) is 0 Å². The molecule has 15 heavy (non-hydrogen) atoms. The van der Waals surface area contributed by atoms with E-state index in [9.17, 15) is 4.39 Å². The van der Waals surface area contributed by atoms with Crippen LogP contribution in [-0.4, -0.2) is 17.1 Å². The van der Waals surface area contributed by atoms with E-state index in [0.717, 1.165) is 6.42 Å². The van der Waals surface area contributed by atoms with Gasteiger partial charge >= 0.3 is 0 Å². The Balaban J connectivity index is 2.18. The van der Waals surface area contributed by atoms with Gasteiger partial charge in [0.25, 0.3) is 5.95 Å².